The van der Waals surface area contributed by atoms with Crippen molar-refractivity contribution in [3.63, 3.8) is 0 Å². The van der Waals surface area contributed by atoms with Crippen molar-refractivity contribution in [3.8, 4) is 5.75 Å². The molecule has 0 fully saturated rings. The summed E-state index contributed by atoms with van der Waals surface area (Å²) in [5.41, 5.74) is 3.76. The summed E-state index contributed by atoms with van der Waals surface area (Å²) >= 11 is 0. The summed E-state index contributed by atoms with van der Waals surface area (Å²) in [5.74, 6) is 0.413. The molecule has 2 aliphatic rings. The molecule has 0 radical (unpaired) electrons. The van der Waals surface area contributed by atoms with Crippen LogP contribution in [0.5, 0.6) is 5.75 Å². The molecular weight excluding hydrogens is 631 g/mol. The Hall–Kier alpha value is -3.63. The first kappa shape index (κ1) is 40.5. The fraction of sp³-hybridized carbons (Fsp3) is 0.500. The highest BCUT2D eigenvalue weighted by Crippen LogP contribution is 2.44. The number of carbonyl (C=O) groups excluding carboxylic acids is 1. The summed E-state index contributed by atoms with van der Waals surface area (Å²) in [4.78, 5) is 27.7. The number of esters is 1. The van der Waals surface area contributed by atoms with Gasteiger partial charge in [-0.3, -0.25) is 9.32 Å². The quantitative estimate of drug-likeness (QED) is 0.0931. The van der Waals surface area contributed by atoms with E-state index < -0.39 is 14.5 Å². The van der Waals surface area contributed by atoms with Crippen LogP contribution in [0.4, 0.5) is 0 Å². The molecule has 1 N–H and O–H groups in total. The van der Waals surface area contributed by atoms with Crippen LogP contribution < -0.4 is 4.74 Å². The molecule has 0 bridgehead atoms. The number of carbonyl (C=O) groups is 2. The SMILES string of the molecule is COc1ccc(/C(=C\N(C)P(OCOC(=O)C2=CN(C(C)(C)C)C=CC2)OCC2=CN(C(C)(C)C)C=CC2)CCN(C)C)cc1.O=CO. The fourth-order valence-electron chi connectivity index (χ4n) is 4.51. The smallest absolute Gasteiger partial charge is 0.337 e. The second-order valence-corrected chi connectivity index (χ2v) is 15.2. The molecule has 266 valence electrons. The van der Waals surface area contributed by atoms with Crippen LogP contribution in [-0.2, 0) is 23.4 Å². The van der Waals surface area contributed by atoms with E-state index in [0.717, 1.165) is 41.8 Å². The number of hydrogen-bond acceptors (Lipinski definition) is 10. The van der Waals surface area contributed by atoms with Crippen molar-refractivity contribution in [2.75, 3.05) is 48.2 Å². The van der Waals surface area contributed by atoms with Crippen LogP contribution in [0.3, 0.4) is 0 Å². The van der Waals surface area contributed by atoms with Crippen molar-refractivity contribution in [1.29, 1.82) is 0 Å². The van der Waals surface area contributed by atoms with Crippen LogP contribution >= 0.6 is 8.53 Å². The van der Waals surface area contributed by atoms with Gasteiger partial charge in [0.1, 0.15) is 5.75 Å². The highest BCUT2D eigenvalue weighted by atomic mass is 31.2. The molecule has 0 aliphatic carbocycles. The van der Waals surface area contributed by atoms with Gasteiger partial charge in [-0.1, -0.05) is 24.3 Å². The van der Waals surface area contributed by atoms with E-state index in [9.17, 15) is 4.79 Å². The minimum Gasteiger partial charge on any atom is -0.497 e. The number of rotatable bonds is 14. The lowest BCUT2D eigenvalue weighted by Gasteiger charge is -2.34. The summed E-state index contributed by atoms with van der Waals surface area (Å²) in [6.45, 7) is 13.6. The zero-order valence-electron chi connectivity index (χ0n) is 30.3. The first-order valence-corrected chi connectivity index (χ1v) is 17.1. The third-order valence-corrected chi connectivity index (χ3v) is 8.59. The minimum absolute atomic E-state index is 0.0393. The Morgan fingerprint density at radius 3 is 2.08 bits per heavy atom. The molecule has 0 amide bonds. The Balaban J connectivity index is 0.00000257. The predicted octanol–water partition coefficient (Wildman–Crippen LogP) is 7.18. The third kappa shape index (κ3) is 13.8. The van der Waals surface area contributed by atoms with E-state index in [2.05, 4.69) is 102 Å². The zero-order chi connectivity index (χ0) is 35.9. The maximum Gasteiger partial charge on any atom is 0.337 e. The number of benzene rings is 1. The van der Waals surface area contributed by atoms with E-state index in [0.29, 0.717) is 18.6 Å². The number of methoxy groups -OCH3 is 1. The van der Waals surface area contributed by atoms with E-state index in [-0.39, 0.29) is 24.3 Å². The molecule has 1 unspecified atom stereocenters. The number of nitrogens with zero attached hydrogens (tertiary/aromatic N) is 4. The lowest BCUT2D eigenvalue weighted by Crippen LogP contribution is -2.34. The average Bonchev–Trinajstić information content (AvgIpc) is 3.04. The highest BCUT2D eigenvalue weighted by molar-refractivity contribution is 7.44. The van der Waals surface area contributed by atoms with Gasteiger partial charge in [0.15, 0.2) is 6.79 Å². The van der Waals surface area contributed by atoms with Gasteiger partial charge in [-0.15, -0.1) is 0 Å². The normalized spacial score (nSPS) is 15.7. The number of hydrogen-bond donors (Lipinski definition) is 1. The van der Waals surface area contributed by atoms with Crippen molar-refractivity contribution < 1.29 is 33.2 Å². The zero-order valence-corrected chi connectivity index (χ0v) is 31.2. The molecular formula is C36H55N4O7P. The number of carboxylic acid groups (broad SMARTS) is 1. The Morgan fingerprint density at radius 1 is 0.938 bits per heavy atom. The average molecular weight is 687 g/mol. The highest BCUT2D eigenvalue weighted by Gasteiger charge is 2.24. The Labute approximate surface area is 288 Å². The van der Waals surface area contributed by atoms with Gasteiger partial charge in [-0.2, -0.15) is 0 Å². The standard InChI is InChI=1S/C35H53N4O5P.CH2O2/c1-34(2,3)38-20-11-13-28(23-38)26-43-45(44-27-42-33(40)31-14-12-21-39(25-31)35(4,5)6)37(9)24-30(19-22-36(7)8)29-15-17-32(41-10)18-16-29;2-1-3/h11-12,15-18,20-21,23-25H,13-14,19,22,26-27H2,1-10H3;1H,(H,2,3)/b30-24-;. The van der Waals surface area contributed by atoms with E-state index in [4.69, 9.17) is 28.4 Å². The predicted molar refractivity (Wildman–Crippen MR) is 192 cm³/mol. The van der Waals surface area contributed by atoms with Gasteiger partial charge >= 0.3 is 5.97 Å². The van der Waals surface area contributed by atoms with Crippen LogP contribution in [0.1, 0.15) is 66.4 Å². The molecule has 48 heavy (non-hydrogen) atoms. The Kier molecular flexibility index (Phi) is 16.4. The van der Waals surface area contributed by atoms with Crippen LogP contribution in [0.25, 0.3) is 5.57 Å². The van der Waals surface area contributed by atoms with E-state index in [1.807, 2.05) is 47.2 Å². The second kappa shape index (κ2) is 19.4. The van der Waals surface area contributed by atoms with Crippen molar-refractivity contribution in [1.82, 2.24) is 19.4 Å². The Morgan fingerprint density at radius 2 is 1.52 bits per heavy atom. The molecule has 1 aromatic carbocycles. The monoisotopic (exact) mass is 686 g/mol. The number of ether oxygens (including phenoxy) is 2. The van der Waals surface area contributed by atoms with Crippen LogP contribution in [0, 0.1) is 0 Å². The Bertz CT molecular complexity index is 1330. The van der Waals surface area contributed by atoms with Gasteiger partial charge in [0, 0.05) is 62.1 Å². The van der Waals surface area contributed by atoms with E-state index >= 15 is 0 Å². The molecule has 1 atom stereocenters. The molecule has 2 heterocycles. The molecule has 0 spiro atoms. The molecule has 12 heteroatoms. The molecule has 1 aromatic rings. The van der Waals surface area contributed by atoms with Gasteiger partial charge in [0.05, 0.1) is 19.3 Å². The minimum atomic E-state index is -1.61. The van der Waals surface area contributed by atoms with Crippen molar-refractivity contribution in [2.45, 2.75) is 71.9 Å². The molecule has 0 saturated carbocycles. The van der Waals surface area contributed by atoms with Gasteiger partial charge in [-0.05, 0) is 97.3 Å². The lowest BCUT2D eigenvalue weighted by atomic mass is 10.0. The summed E-state index contributed by atoms with van der Waals surface area (Å²) in [6.07, 6.45) is 16.4. The van der Waals surface area contributed by atoms with Crippen molar-refractivity contribution in [2.24, 2.45) is 0 Å². The van der Waals surface area contributed by atoms with Crippen molar-refractivity contribution >= 4 is 26.5 Å². The van der Waals surface area contributed by atoms with Gasteiger partial charge in [-0.25, -0.2) is 4.79 Å². The summed E-state index contributed by atoms with van der Waals surface area (Å²) in [5, 5.41) is 6.89. The van der Waals surface area contributed by atoms with Gasteiger partial charge in [0.2, 0.25) is 0 Å². The van der Waals surface area contributed by atoms with Crippen molar-refractivity contribution in [3.05, 3.63) is 84.1 Å². The first-order chi connectivity index (χ1) is 22.6. The summed E-state index contributed by atoms with van der Waals surface area (Å²) in [7, 11) is 6.13. The second-order valence-electron chi connectivity index (χ2n) is 13.6. The molecule has 2 aliphatic heterocycles. The summed E-state index contributed by atoms with van der Waals surface area (Å²) in [6, 6.07) is 8.06. The van der Waals surface area contributed by atoms with Crippen LogP contribution in [0.15, 0.2) is 78.6 Å². The summed E-state index contributed by atoms with van der Waals surface area (Å²) < 4.78 is 25.6. The maximum atomic E-state index is 13.0. The van der Waals surface area contributed by atoms with Gasteiger partial charge < -0.3 is 38.5 Å². The maximum absolute atomic E-state index is 13.0. The molecule has 3 rings (SSSR count). The van der Waals surface area contributed by atoms with Crippen LogP contribution in [-0.4, -0.2) is 96.2 Å². The third-order valence-electron chi connectivity index (χ3n) is 7.28. The molecule has 0 aromatic heterocycles. The molecule has 11 nitrogen and oxygen atoms in total. The van der Waals surface area contributed by atoms with Crippen LogP contribution in [0.2, 0.25) is 0 Å². The van der Waals surface area contributed by atoms with Gasteiger partial charge in [0.25, 0.3) is 15.0 Å². The lowest BCUT2D eigenvalue weighted by molar-refractivity contribution is -0.145. The largest absolute Gasteiger partial charge is 0.497 e. The van der Waals surface area contributed by atoms with E-state index in [1.165, 1.54) is 0 Å². The number of allylic oxidation sites excluding steroid dienone is 2. The fourth-order valence-corrected chi connectivity index (χ4v) is 5.61. The van der Waals surface area contributed by atoms with E-state index in [1.54, 1.807) is 7.11 Å². The topological polar surface area (TPSA) is 104 Å². The first-order valence-electron chi connectivity index (χ1n) is 15.9. The molecule has 0 saturated heterocycles.